The number of hydrogen-bond donors (Lipinski definition) is 2. The van der Waals surface area contributed by atoms with Crippen molar-refractivity contribution in [2.24, 2.45) is 11.8 Å². The number of rotatable bonds is 8. The summed E-state index contributed by atoms with van der Waals surface area (Å²) < 4.78 is 0. The summed E-state index contributed by atoms with van der Waals surface area (Å²) in [5.41, 5.74) is 0. The van der Waals surface area contributed by atoms with Crippen molar-refractivity contribution in [2.45, 2.75) is 52.4 Å². The molecule has 2 N–H and O–H groups in total. The summed E-state index contributed by atoms with van der Waals surface area (Å²) in [6.45, 7) is 6.86. The third-order valence-corrected chi connectivity index (χ3v) is 4.05. The van der Waals surface area contributed by atoms with E-state index < -0.39 is 5.97 Å². The molecule has 5 heteroatoms. The molecule has 20 heavy (non-hydrogen) atoms. The van der Waals surface area contributed by atoms with E-state index >= 15 is 0 Å². The quantitative estimate of drug-likeness (QED) is 0.673. The molecule has 1 saturated heterocycles. The SMILES string of the molecule is CC(C)C1CCN(C(=O)NCCCCCCC(=O)O)C1. The Morgan fingerprint density at radius 1 is 1.25 bits per heavy atom. The highest BCUT2D eigenvalue weighted by Crippen LogP contribution is 2.23. The fourth-order valence-electron chi connectivity index (χ4n) is 2.58. The zero-order valence-corrected chi connectivity index (χ0v) is 12.7. The zero-order valence-electron chi connectivity index (χ0n) is 12.7. The predicted octanol–water partition coefficient (Wildman–Crippen LogP) is 2.71. The largest absolute Gasteiger partial charge is 0.481 e. The standard InChI is InChI=1S/C15H28N2O3/c1-12(2)13-8-10-17(11-13)15(20)16-9-6-4-3-5-7-14(18)19/h12-13H,3-11H2,1-2H3,(H,16,20)(H,18,19). The van der Waals surface area contributed by atoms with E-state index in [0.717, 1.165) is 45.2 Å². The first-order chi connectivity index (χ1) is 9.50. The first kappa shape index (κ1) is 16.8. The molecule has 1 fully saturated rings. The van der Waals surface area contributed by atoms with Gasteiger partial charge in [0.2, 0.25) is 0 Å². The summed E-state index contributed by atoms with van der Waals surface area (Å²) >= 11 is 0. The maximum Gasteiger partial charge on any atom is 0.317 e. The summed E-state index contributed by atoms with van der Waals surface area (Å²) in [4.78, 5) is 24.2. The Bertz CT molecular complexity index is 318. The Hall–Kier alpha value is -1.26. The van der Waals surface area contributed by atoms with Gasteiger partial charge in [-0.2, -0.15) is 0 Å². The second-order valence-corrected chi connectivity index (χ2v) is 6.03. The molecule has 1 rings (SSSR count). The molecule has 1 atom stereocenters. The molecule has 5 nitrogen and oxygen atoms in total. The molecule has 1 aliphatic rings. The van der Waals surface area contributed by atoms with E-state index in [0.29, 0.717) is 18.4 Å². The molecule has 2 amide bonds. The summed E-state index contributed by atoms with van der Waals surface area (Å²) in [6, 6.07) is 0.0543. The number of carbonyl (C=O) groups excluding carboxylic acids is 1. The molecule has 0 aliphatic carbocycles. The lowest BCUT2D eigenvalue weighted by molar-refractivity contribution is -0.137. The maximum absolute atomic E-state index is 11.9. The molecule has 0 aromatic carbocycles. The molecule has 1 heterocycles. The van der Waals surface area contributed by atoms with E-state index in [1.165, 1.54) is 0 Å². The topological polar surface area (TPSA) is 69.6 Å². The fourth-order valence-corrected chi connectivity index (χ4v) is 2.58. The van der Waals surface area contributed by atoms with Crippen molar-refractivity contribution < 1.29 is 14.7 Å². The van der Waals surface area contributed by atoms with Crippen LogP contribution >= 0.6 is 0 Å². The van der Waals surface area contributed by atoms with Gasteiger partial charge in [0.1, 0.15) is 0 Å². The zero-order chi connectivity index (χ0) is 15.0. The molecule has 0 aromatic rings. The summed E-state index contributed by atoms with van der Waals surface area (Å²) in [7, 11) is 0. The minimum absolute atomic E-state index is 0.0543. The minimum atomic E-state index is -0.730. The van der Waals surface area contributed by atoms with Gasteiger partial charge < -0.3 is 15.3 Å². The number of unbranched alkanes of at least 4 members (excludes halogenated alkanes) is 3. The van der Waals surface area contributed by atoms with Gasteiger partial charge in [-0.25, -0.2) is 4.79 Å². The van der Waals surface area contributed by atoms with E-state index in [9.17, 15) is 9.59 Å². The Balaban J connectivity index is 2.02. The highest BCUT2D eigenvalue weighted by Gasteiger charge is 2.27. The van der Waals surface area contributed by atoms with Crippen molar-refractivity contribution in [3.63, 3.8) is 0 Å². The van der Waals surface area contributed by atoms with E-state index in [1.54, 1.807) is 0 Å². The Morgan fingerprint density at radius 3 is 2.55 bits per heavy atom. The van der Waals surface area contributed by atoms with Gasteiger partial charge in [-0.1, -0.05) is 26.7 Å². The van der Waals surface area contributed by atoms with Gasteiger partial charge in [0.25, 0.3) is 0 Å². The number of urea groups is 1. The predicted molar refractivity (Wildman–Crippen MR) is 78.6 cm³/mol. The third kappa shape index (κ3) is 6.26. The molecule has 0 spiro atoms. The van der Waals surface area contributed by atoms with Crippen LogP contribution in [0.2, 0.25) is 0 Å². The van der Waals surface area contributed by atoms with Crippen LogP contribution in [-0.4, -0.2) is 41.6 Å². The second kappa shape index (κ2) is 8.82. The van der Waals surface area contributed by atoms with Crippen LogP contribution in [0.4, 0.5) is 4.79 Å². The maximum atomic E-state index is 11.9. The van der Waals surface area contributed by atoms with E-state index in [2.05, 4.69) is 19.2 Å². The minimum Gasteiger partial charge on any atom is -0.481 e. The fraction of sp³-hybridized carbons (Fsp3) is 0.867. The average molecular weight is 284 g/mol. The lowest BCUT2D eigenvalue weighted by atomic mass is 9.95. The molecule has 1 aliphatic heterocycles. The molecule has 0 saturated carbocycles. The number of amides is 2. The van der Waals surface area contributed by atoms with Crippen molar-refractivity contribution in [3.8, 4) is 0 Å². The summed E-state index contributed by atoms with van der Waals surface area (Å²) in [6.07, 6.45) is 4.90. The van der Waals surface area contributed by atoms with Gasteiger partial charge >= 0.3 is 12.0 Å². The molecule has 0 aromatic heterocycles. The molecule has 1 unspecified atom stereocenters. The third-order valence-electron chi connectivity index (χ3n) is 4.05. The van der Waals surface area contributed by atoms with Crippen LogP contribution in [0, 0.1) is 11.8 Å². The van der Waals surface area contributed by atoms with E-state index in [-0.39, 0.29) is 12.5 Å². The van der Waals surface area contributed by atoms with Gasteiger partial charge in [0.05, 0.1) is 0 Å². The Labute approximate surface area is 121 Å². The molecule has 116 valence electrons. The summed E-state index contributed by atoms with van der Waals surface area (Å²) in [5, 5.41) is 11.5. The van der Waals surface area contributed by atoms with E-state index in [4.69, 9.17) is 5.11 Å². The van der Waals surface area contributed by atoms with Gasteiger partial charge in [-0.05, 0) is 31.1 Å². The number of carbonyl (C=O) groups is 2. The Morgan fingerprint density at radius 2 is 1.95 bits per heavy atom. The highest BCUT2D eigenvalue weighted by molar-refractivity contribution is 5.74. The van der Waals surface area contributed by atoms with Gasteiger partial charge in [0, 0.05) is 26.1 Å². The average Bonchev–Trinajstić information content (AvgIpc) is 2.86. The van der Waals surface area contributed by atoms with Gasteiger partial charge in [-0.3, -0.25) is 4.79 Å². The van der Waals surface area contributed by atoms with E-state index in [1.807, 2.05) is 4.90 Å². The number of hydrogen-bond acceptors (Lipinski definition) is 2. The number of carboxylic acid groups (broad SMARTS) is 1. The lowest BCUT2D eigenvalue weighted by Gasteiger charge is -2.18. The van der Waals surface area contributed by atoms with Crippen molar-refractivity contribution in [3.05, 3.63) is 0 Å². The van der Waals surface area contributed by atoms with Crippen LogP contribution in [-0.2, 0) is 4.79 Å². The highest BCUT2D eigenvalue weighted by atomic mass is 16.4. The van der Waals surface area contributed by atoms with Crippen LogP contribution in [0.5, 0.6) is 0 Å². The first-order valence-electron chi connectivity index (χ1n) is 7.75. The Kier molecular flexibility index (Phi) is 7.41. The number of carboxylic acids is 1. The molecular weight excluding hydrogens is 256 g/mol. The lowest BCUT2D eigenvalue weighted by Crippen LogP contribution is -2.39. The number of aliphatic carboxylic acids is 1. The molecular formula is C15H28N2O3. The normalized spacial score (nSPS) is 18.6. The molecule has 0 radical (unpaired) electrons. The number of nitrogens with one attached hydrogen (secondary N) is 1. The van der Waals surface area contributed by atoms with Crippen molar-refractivity contribution >= 4 is 12.0 Å². The number of nitrogens with zero attached hydrogens (tertiary/aromatic N) is 1. The van der Waals surface area contributed by atoms with Gasteiger partial charge in [-0.15, -0.1) is 0 Å². The van der Waals surface area contributed by atoms with Gasteiger partial charge in [0.15, 0.2) is 0 Å². The number of likely N-dealkylation sites (tertiary alicyclic amines) is 1. The monoisotopic (exact) mass is 284 g/mol. The van der Waals surface area contributed by atoms with Crippen LogP contribution in [0.25, 0.3) is 0 Å². The molecule has 0 bridgehead atoms. The van der Waals surface area contributed by atoms with Crippen molar-refractivity contribution in [1.82, 2.24) is 10.2 Å². The first-order valence-corrected chi connectivity index (χ1v) is 7.75. The van der Waals surface area contributed by atoms with Crippen LogP contribution in [0.3, 0.4) is 0 Å². The summed E-state index contributed by atoms with van der Waals surface area (Å²) in [5.74, 6) is 0.547. The van der Waals surface area contributed by atoms with Crippen molar-refractivity contribution in [2.75, 3.05) is 19.6 Å². The smallest absolute Gasteiger partial charge is 0.317 e. The van der Waals surface area contributed by atoms with Crippen LogP contribution in [0.1, 0.15) is 52.4 Å². The second-order valence-electron chi connectivity index (χ2n) is 6.03. The van der Waals surface area contributed by atoms with Crippen LogP contribution in [0.15, 0.2) is 0 Å². The van der Waals surface area contributed by atoms with Crippen LogP contribution < -0.4 is 5.32 Å². The van der Waals surface area contributed by atoms with Crippen molar-refractivity contribution in [1.29, 1.82) is 0 Å².